The van der Waals surface area contributed by atoms with Gasteiger partial charge in [0.05, 0.1) is 16.9 Å². The molecule has 3 aromatic rings. The Morgan fingerprint density at radius 3 is 2.83 bits per heavy atom. The molecule has 9 heteroatoms. The summed E-state index contributed by atoms with van der Waals surface area (Å²) in [6.45, 7) is 0.566. The lowest BCUT2D eigenvalue weighted by Gasteiger charge is -2.29. The number of thioether (sulfide) groups is 1. The Morgan fingerprint density at radius 2 is 2.07 bits per heavy atom. The number of halogens is 1. The first-order valence-electron chi connectivity index (χ1n) is 8.93. The minimum atomic E-state index is -0.432. The van der Waals surface area contributed by atoms with E-state index in [9.17, 15) is 19.3 Å². The van der Waals surface area contributed by atoms with Crippen LogP contribution in [-0.2, 0) is 11.2 Å². The molecule has 1 aliphatic rings. The van der Waals surface area contributed by atoms with Crippen LogP contribution in [0.3, 0.4) is 0 Å². The average Bonchev–Trinajstić information content (AvgIpc) is 3.20. The van der Waals surface area contributed by atoms with Crippen molar-refractivity contribution in [3.05, 3.63) is 70.2 Å². The third-order valence-electron chi connectivity index (χ3n) is 4.63. The second kappa shape index (κ2) is 8.04. The summed E-state index contributed by atoms with van der Waals surface area (Å²) in [7, 11) is 0. The van der Waals surface area contributed by atoms with Crippen molar-refractivity contribution in [1.29, 1.82) is 0 Å². The molecule has 0 fully saturated rings. The first-order chi connectivity index (χ1) is 14.0. The zero-order valence-corrected chi connectivity index (χ0v) is 16.0. The van der Waals surface area contributed by atoms with E-state index in [0.29, 0.717) is 35.2 Å². The number of hydrogen-bond acceptors (Lipinski definition) is 6. The van der Waals surface area contributed by atoms with Gasteiger partial charge in [0.25, 0.3) is 10.9 Å². The summed E-state index contributed by atoms with van der Waals surface area (Å²) in [4.78, 5) is 29.1. The Labute approximate surface area is 169 Å². The molecular formula is C20H16FN3O4S. The number of hydrogen-bond donors (Lipinski definition) is 0. The Kier molecular flexibility index (Phi) is 5.30. The van der Waals surface area contributed by atoms with E-state index >= 15 is 0 Å². The van der Waals surface area contributed by atoms with E-state index in [1.165, 1.54) is 42.2 Å². The number of nitro benzene ring substituents is 1. The maximum absolute atomic E-state index is 13.0. The highest BCUT2D eigenvalue weighted by molar-refractivity contribution is 7.99. The number of carbonyl (C=O) groups is 1. The lowest BCUT2D eigenvalue weighted by atomic mass is 10.0. The molecule has 1 amide bonds. The van der Waals surface area contributed by atoms with E-state index in [4.69, 9.17) is 4.42 Å². The van der Waals surface area contributed by atoms with Gasteiger partial charge in [0, 0.05) is 29.9 Å². The van der Waals surface area contributed by atoms with Gasteiger partial charge in [0.2, 0.25) is 5.91 Å². The Bertz CT molecular complexity index is 1070. The molecule has 4 rings (SSSR count). The SMILES string of the molecule is O=C(CSc1ncc(-c2ccc(F)cc2)o1)N1CCCc2cc([N+](=O)[O-])ccc21. The zero-order chi connectivity index (χ0) is 20.4. The van der Waals surface area contributed by atoms with Crippen molar-refractivity contribution in [3.63, 3.8) is 0 Å². The molecule has 0 N–H and O–H groups in total. The fraction of sp³-hybridized carbons (Fsp3) is 0.200. The number of oxazole rings is 1. The maximum Gasteiger partial charge on any atom is 0.269 e. The van der Waals surface area contributed by atoms with Gasteiger partial charge < -0.3 is 9.32 Å². The molecule has 0 bridgehead atoms. The summed E-state index contributed by atoms with van der Waals surface area (Å²) < 4.78 is 18.7. The van der Waals surface area contributed by atoms with Crippen molar-refractivity contribution in [2.45, 2.75) is 18.1 Å². The van der Waals surface area contributed by atoms with Gasteiger partial charge in [-0.15, -0.1) is 0 Å². The lowest BCUT2D eigenvalue weighted by Crippen LogP contribution is -2.36. The van der Waals surface area contributed by atoms with Gasteiger partial charge in [0.15, 0.2) is 5.76 Å². The van der Waals surface area contributed by atoms with Gasteiger partial charge in [0.1, 0.15) is 5.82 Å². The molecular weight excluding hydrogens is 397 g/mol. The van der Waals surface area contributed by atoms with E-state index in [1.807, 2.05) is 0 Å². The lowest BCUT2D eigenvalue weighted by molar-refractivity contribution is -0.384. The van der Waals surface area contributed by atoms with Crippen LogP contribution in [0.4, 0.5) is 15.8 Å². The molecule has 0 saturated carbocycles. The highest BCUT2D eigenvalue weighted by Gasteiger charge is 2.24. The van der Waals surface area contributed by atoms with Crippen molar-refractivity contribution in [3.8, 4) is 11.3 Å². The number of benzene rings is 2. The average molecular weight is 413 g/mol. The fourth-order valence-electron chi connectivity index (χ4n) is 3.23. The minimum absolute atomic E-state index is 0.0283. The van der Waals surface area contributed by atoms with Crippen LogP contribution >= 0.6 is 11.8 Å². The summed E-state index contributed by atoms with van der Waals surface area (Å²) in [5.74, 6) is 0.169. The summed E-state index contributed by atoms with van der Waals surface area (Å²) in [6.07, 6.45) is 2.99. The van der Waals surface area contributed by atoms with Crippen molar-refractivity contribution >= 4 is 29.0 Å². The second-order valence-corrected chi connectivity index (χ2v) is 7.43. The van der Waals surface area contributed by atoms with Crippen molar-refractivity contribution in [2.75, 3.05) is 17.2 Å². The third-order valence-corrected chi connectivity index (χ3v) is 5.45. The molecule has 0 aliphatic carbocycles. The molecule has 7 nitrogen and oxygen atoms in total. The minimum Gasteiger partial charge on any atom is -0.431 e. The van der Waals surface area contributed by atoms with Crippen LogP contribution in [0.2, 0.25) is 0 Å². The van der Waals surface area contributed by atoms with Crippen LogP contribution in [0.25, 0.3) is 11.3 Å². The van der Waals surface area contributed by atoms with Crippen LogP contribution < -0.4 is 4.90 Å². The number of non-ortho nitro benzene ring substituents is 1. The van der Waals surface area contributed by atoms with Gasteiger partial charge >= 0.3 is 0 Å². The van der Waals surface area contributed by atoms with Crippen LogP contribution in [0.15, 0.2) is 58.3 Å². The fourth-order valence-corrected chi connectivity index (χ4v) is 3.91. The van der Waals surface area contributed by atoms with Crippen molar-refractivity contribution < 1.29 is 18.5 Å². The number of anilines is 1. The summed E-state index contributed by atoms with van der Waals surface area (Å²) in [6, 6.07) is 10.5. The number of amides is 1. The van der Waals surface area contributed by atoms with Crippen LogP contribution in [0.5, 0.6) is 0 Å². The number of carbonyl (C=O) groups excluding carboxylic acids is 1. The maximum atomic E-state index is 13.0. The quantitative estimate of drug-likeness (QED) is 0.349. The topological polar surface area (TPSA) is 89.5 Å². The largest absolute Gasteiger partial charge is 0.431 e. The highest BCUT2D eigenvalue weighted by atomic mass is 32.2. The summed E-state index contributed by atoms with van der Waals surface area (Å²) in [5.41, 5.74) is 2.24. The van der Waals surface area contributed by atoms with Gasteiger partial charge in [-0.05, 0) is 48.7 Å². The highest BCUT2D eigenvalue weighted by Crippen LogP contribution is 2.32. The normalized spacial score (nSPS) is 13.2. The van der Waals surface area contributed by atoms with Crippen molar-refractivity contribution in [2.24, 2.45) is 0 Å². The number of aromatic nitrogens is 1. The molecule has 1 aromatic heterocycles. The third kappa shape index (κ3) is 4.14. The standard InChI is InChI=1S/C20H16FN3O4S/c21-15-5-3-13(4-6-15)18-11-22-20(28-18)29-12-19(25)23-9-1-2-14-10-16(24(26)27)7-8-17(14)23/h3-8,10-11H,1-2,9,12H2. The van der Waals surface area contributed by atoms with Crippen LogP contribution in [0.1, 0.15) is 12.0 Å². The van der Waals surface area contributed by atoms with E-state index in [0.717, 1.165) is 12.0 Å². The summed E-state index contributed by atoms with van der Waals surface area (Å²) >= 11 is 1.17. The Balaban J connectivity index is 1.43. The van der Waals surface area contributed by atoms with Gasteiger partial charge in [-0.3, -0.25) is 14.9 Å². The Morgan fingerprint density at radius 1 is 1.28 bits per heavy atom. The van der Waals surface area contributed by atoms with E-state index < -0.39 is 4.92 Å². The molecule has 29 heavy (non-hydrogen) atoms. The molecule has 0 atom stereocenters. The van der Waals surface area contributed by atoms with E-state index in [-0.39, 0.29) is 23.2 Å². The van der Waals surface area contributed by atoms with E-state index in [1.54, 1.807) is 23.1 Å². The number of aryl methyl sites for hydroxylation is 1. The Hall–Kier alpha value is -3.20. The molecule has 0 spiro atoms. The monoisotopic (exact) mass is 413 g/mol. The zero-order valence-electron chi connectivity index (χ0n) is 15.2. The predicted molar refractivity (Wildman–Crippen MR) is 106 cm³/mol. The number of rotatable bonds is 5. The molecule has 1 aliphatic heterocycles. The molecule has 148 valence electrons. The second-order valence-electron chi connectivity index (χ2n) is 6.51. The summed E-state index contributed by atoms with van der Waals surface area (Å²) in [5, 5.41) is 11.3. The van der Waals surface area contributed by atoms with Crippen LogP contribution in [-0.4, -0.2) is 28.1 Å². The smallest absolute Gasteiger partial charge is 0.269 e. The van der Waals surface area contributed by atoms with Gasteiger partial charge in [-0.25, -0.2) is 9.37 Å². The van der Waals surface area contributed by atoms with Gasteiger partial charge in [-0.2, -0.15) is 0 Å². The van der Waals surface area contributed by atoms with Gasteiger partial charge in [-0.1, -0.05) is 11.8 Å². The number of fused-ring (bicyclic) bond motifs is 1. The molecule has 0 radical (unpaired) electrons. The molecule has 0 saturated heterocycles. The molecule has 2 aromatic carbocycles. The van der Waals surface area contributed by atoms with Crippen LogP contribution in [0, 0.1) is 15.9 Å². The van der Waals surface area contributed by atoms with Crippen molar-refractivity contribution in [1.82, 2.24) is 4.98 Å². The molecule has 2 heterocycles. The number of nitro groups is 1. The first-order valence-corrected chi connectivity index (χ1v) is 9.92. The predicted octanol–water partition coefficient (Wildman–Crippen LogP) is 4.46. The van der Waals surface area contributed by atoms with E-state index in [2.05, 4.69) is 4.98 Å². The first kappa shape index (κ1) is 19.1. The molecule has 0 unspecified atom stereocenters. The number of nitrogens with zero attached hydrogens (tertiary/aromatic N) is 3.